The molecule has 0 atom stereocenters. The van der Waals surface area contributed by atoms with Crippen molar-refractivity contribution in [2.75, 3.05) is 19.8 Å². The molecular formula is C17H23NO3. The first-order valence-corrected chi connectivity index (χ1v) is 7.78. The summed E-state index contributed by atoms with van der Waals surface area (Å²) in [5.74, 6) is -0.334. The predicted molar refractivity (Wildman–Crippen MR) is 81.4 cm³/mol. The summed E-state index contributed by atoms with van der Waals surface area (Å²) in [6, 6.07) is 7.01. The average Bonchev–Trinajstić information content (AvgIpc) is 2.75. The van der Waals surface area contributed by atoms with Crippen molar-refractivity contribution in [3.63, 3.8) is 0 Å². The predicted octanol–water partition coefficient (Wildman–Crippen LogP) is 3.27. The highest BCUT2D eigenvalue weighted by Crippen LogP contribution is 2.22. The van der Waals surface area contributed by atoms with Crippen molar-refractivity contribution in [3.05, 3.63) is 35.4 Å². The van der Waals surface area contributed by atoms with E-state index in [2.05, 4.69) is 6.92 Å². The number of hydrogen-bond donors (Lipinski definition) is 0. The third kappa shape index (κ3) is 3.91. The number of hydrogen-bond acceptors (Lipinski definition) is 3. The molecule has 0 aliphatic carbocycles. The van der Waals surface area contributed by atoms with Gasteiger partial charge < -0.3 is 4.74 Å². The molecule has 0 bridgehead atoms. The van der Waals surface area contributed by atoms with Crippen molar-refractivity contribution in [1.82, 2.24) is 4.90 Å². The molecule has 21 heavy (non-hydrogen) atoms. The van der Waals surface area contributed by atoms with E-state index in [0.717, 1.165) is 25.9 Å². The molecule has 1 aromatic carbocycles. The second-order valence-electron chi connectivity index (χ2n) is 5.33. The first-order chi connectivity index (χ1) is 10.3. The van der Waals surface area contributed by atoms with Crippen LogP contribution in [-0.2, 0) is 4.74 Å². The van der Waals surface area contributed by atoms with Crippen LogP contribution in [0, 0.1) is 0 Å². The maximum atomic E-state index is 12.1. The van der Waals surface area contributed by atoms with E-state index in [1.165, 1.54) is 17.7 Å². The van der Waals surface area contributed by atoms with Gasteiger partial charge in [-0.25, -0.2) is 0 Å². The second kappa shape index (κ2) is 7.93. The molecule has 0 unspecified atom stereocenters. The van der Waals surface area contributed by atoms with Gasteiger partial charge in [-0.15, -0.1) is 0 Å². The monoisotopic (exact) mass is 289 g/mol. The number of fused-ring (bicyclic) bond motifs is 1. The Bertz CT molecular complexity index is 464. The van der Waals surface area contributed by atoms with Crippen LogP contribution in [0.3, 0.4) is 0 Å². The number of imide groups is 1. The zero-order chi connectivity index (χ0) is 15.1. The molecule has 0 aromatic heterocycles. The van der Waals surface area contributed by atoms with Gasteiger partial charge in [0.05, 0.1) is 11.1 Å². The minimum atomic E-state index is -0.167. The van der Waals surface area contributed by atoms with Crippen LogP contribution in [-0.4, -0.2) is 36.5 Å². The maximum absolute atomic E-state index is 12.1. The van der Waals surface area contributed by atoms with Crippen LogP contribution in [0.2, 0.25) is 0 Å². The van der Waals surface area contributed by atoms with Crippen LogP contribution >= 0.6 is 0 Å². The van der Waals surface area contributed by atoms with Crippen LogP contribution in [0.5, 0.6) is 0 Å². The molecule has 2 rings (SSSR count). The van der Waals surface area contributed by atoms with Crippen LogP contribution in [0.4, 0.5) is 0 Å². The van der Waals surface area contributed by atoms with E-state index < -0.39 is 0 Å². The van der Waals surface area contributed by atoms with Crippen molar-refractivity contribution < 1.29 is 14.3 Å². The molecule has 4 heteroatoms. The summed E-state index contributed by atoms with van der Waals surface area (Å²) >= 11 is 0. The molecule has 0 radical (unpaired) electrons. The van der Waals surface area contributed by atoms with Crippen LogP contribution in [0.1, 0.15) is 59.7 Å². The zero-order valence-corrected chi connectivity index (χ0v) is 12.6. The van der Waals surface area contributed by atoms with Crippen molar-refractivity contribution in [3.8, 4) is 0 Å². The average molecular weight is 289 g/mol. The number of ether oxygens (including phenoxy) is 1. The minimum absolute atomic E-state index is 0.167. The zero-order valence-electron chi connectivity index (χ0n) is 12.6. The van der Waals surface area contributed by atoms with Gasteiger partial charge in [0, 0.05) is 19.8 Å². The minimum Gasteiger partial charge on any atom is -0.381 e. The van der Waals surface area contributed by atoms with Gasteiger partial charge in [0.25, 0.3) is 11.8 Å². The summed E-state index contributed by atoms with van der Waals surface area (Å²) in [7, 11) is 0. The van der Waals surface area contributed by atoms with Crippen LogP contribution < -0.4 is 0 Å². The highest BCUT2D eigenvalue weighted by molar-refractivity contribution is 6.21. The Morgan fingerprint density at radius 2 is 1.48 bits per heavy atom. The third-order valence-corrected chi connectivity index (χ3v) is 3.69. The summed E-state index contributed by atoms with van der Waals surface area (Å²) in [6.45, 7) is 4.15. The lowest BCUT2D eigenvalue weighted by molar-refractivity contribution is 0.0642. The van der Waals surface area contributed by atoms with Gasteiger partial charge in [0.15, 0.2) is 0 Å². The van der Waals surface area contributed by atoms with Crippen LogP contribution in [0.15, 0.2) is 24.3 Å². The largest absolute Gasteiger partial charge is 0.381 e. The molecule has 1 aliphatic rings. The van der Waals surface area contributed by atoms with E-state index in [1.807, 2.05) is 0 Å². The molecule has 0 spiro atoms. The number of benzene rings is 1. The van der Waals surface area contributed by atoms with Gasteiger partial charge in [-0.2, -0.15) is 0 Å². The topological polar surface area (TPSA) is 46.6 Å². The fraction of sp³-hybridized carbons (Fsp3) is 0.529. The Balaban J connectivity index is 1.69. The SMILES string of the molecule is CCCCCOCCCCN1C(=O)c2ccccc2C1=O. The molecule has 1 aromatic rings. The Morgan fingerprint density at radius 3 is 2.05 bits per heavy atom. The standard InChI is InChI=1S/C17H23NO3/c1-2-3-7-12-21-13-8-6-11-18-16(19)14-9-4-5-10-15(14)17(18)20/h4-5,9-10H,2-3,6-8,11-13H2,1H3. The Hall–Kier alpha value is -1.68. The molecule has 4 nitrogen and oxygen atoms in total. The van der Waals surface area contributed by atoms with Gasteiger partial charge in [-0.3, -0.25) is 14.5 Å². The number of rotatable bonds is 9. The van der Waals surface area contributed by atoms with E-state index in [-0.39, 0.29) is 11.8 Å². The molecular weight excluding hydrogens is 266 g/mol. The lowest BCUT2D eigenvalue weighted by Crippen LogP contribution is -2.30. The molecule has 114 valence electrons. The van der Waals surface area contributed by atoms with Gasteiger partial charge in [-0.1, -0.05) is 31.9 Å². The number of amides is 2. The third-order valence-electron chi connectivity index (χ3n) is 3.69. The smallest absolute Gasteiger partial charge is 0.261 e. The van der Waals surface area contributed by atoms with Crippen molar-refractivity contribution in [2.45, 2.75) is 39.0 Å². The maximum Gasteiger partial charge on any atom is 0.261 e. The van der Waals surface area contributed by atoms with Gasteiger partial charge in [0.1, 0.15) is 0 Å². The Labute approximate surface area is 126 Å². The van der Waals surface area contributed by atoms with Gasteiger partial charge >= 0.3 is 0 Å². The van der Waals surface area contributed by atoms with Gasteiger partial charge in [-0.05, 0) is 31.4 Å². The van der Waals surface area contributed by atoms with E-state index in [1.54, 1.807) is 24.3 Å². The van der Waals surface area contributed by atoms with Gasteiger partial charge in [0.2, 0.25) is 0 Å². The molecule has 1 aliphatic heterocycles. The quantitative estimate of drug-likeness (QED) is 0.518. The summed E-state index contributed by atoms with van der Waals surface area (Å²) < 4.78 is 5.53. The normalized spacial score (nSPS) is 13.9. The number of nitrogens with zero attached hydrogens (tertiary/aromatic N) is 1. The number of carbonyl (C=O) groups is 2. The summed E-state index contributed by atoms with van der Waals surface area (Å²) in [4.78, 5) is 25.6. The molecule has 2 amide bonds. The van der Waals surface area contributed by atoms with Crippen molar-refractivity contribution in [1.29, 1.82) is 0 Å². The lowest BCUT2D eigenvalue weighted by Gasteiger charge is -2.13. The first-order valence-electron chi connectivity index (χ1n) is 7.78. The van der Waals surface area contributed by atoms with E-state index in [0.29, 0.717) is 24.3 Å². The van der Waals surface area contributed by atoms with Crippen molar-refractivity contribution >= 4 is 11.8 Å². The van der Waals surface area contributed by atoms with E-state index in [4.69, 9.17) is 4.74 Å². The number of unbranched alkanes of at least 4 members (excludes halogenated alkanes) is 3. The highest BCUT2D eigenvalue weighted by atomic mass is 16.5. The second-order valence-corrected chi connectivity index (χ2v) is 5.33. The van der Waals surface area contributed by atoms with E-state index >= 15 is 0 Å². The molecule has 0 fully saturated rings. The lowest BCUT2D eigenvalue weighted by atomic mass is 10.1. The summed E-state index contributed by atoms with van der Waals surface area (Å²) in [5.41, 5.74) is 1.05. The summed E-state index contributed by atoms with van der Waals surface area (Å²) in [5, 5.41) is 0. The van der Waals surface area contributed by atoms with Crippen LogP contribution in [0.25, 0.3) is 0 Å². The van der Waals surface area contributed by atoms with Crippen molar-refractivity contribution in [2.24, 2.45) is 0 Å². The fourth-order valence-corrected chi connectivity index (χ4v) is 2.47. The highest BCUT2D eigenvalue weighted by Gasteiger charge is 2.34. The van der Waals surface area contributed by atoms with E-state index in [9.17, 15) is 9.59 Å². The Morgan fingerprint density at radius 1 is 0.905 bits per heavy atom. The molecule has 0 N–H and O–H groups in total. The number of carbonyl (C=O) groups excluding carboxylic acids is 2. The Kier molecular flexibility index (Phi) is 5.93. The molecule has 0 saturated heterocycles. The molecule has 1 heterocycles. The first kappa shape index (κ1) is 15.7. The summed E-state index contributed by atoms with van der Waals surface area (Å²) in [6.07, 6.45) is 5.17. The fourth-order valence-electron chi connectivity index (χ4n) is 2.47. The molecule has 0 saturated carbocycles.